The lowest BCUT2D eigenvalue weighted by molar-refractivity contribution is -0.115. The number of aryl methyl sites for hydroxylation is 1. The van der Waals surface area contributed by atoms with Crippen LogP contribution in [0.15, 0.2) is 47.4 Å². The minimum atomic E-state index is -0.423. The molecule has 3 N–H and O–H groups in total. The van der Waals surface area contributed by atoms with Gasteiger partial charge in [-0.3, -0.25) is 4.79 Å². The van der Waals surface area contributed by atoms with Gasteiger partial charge in [0.1, 0.15) is 5.82 Å². The van der Waals surface area contributed by atoms with Crippen LogP contribution >= 0.6 is 11.8 Å². The van der Waals surface area contributed by atoms with Crippen molar-refractivity contribution in [1.82, 2.24) is 0 Å². The second kappa shape index (κ2) is 7.13. The van der Waals surface area contributed by atoms with Crippen LogP contribution in [0.4, 0.5) is 15.8 Å². The molecule has 0 unspecified atom stereocenters. The molecule has 0 bridgehead atoms. The number of nitrogens with one attached hydrogen (secondary N) is 1. The average Bonchev–Trinajstić information content (AvgIpc) is 2.44. The lowest BCUT2D eigenvalue weighted by Crippen LogP contribution is -2.13. The van der Waals surface area contributed by atoms with E-state index in [9.17, 15) is 9.18 Å². The number of hydrogen-bond donors (Lipinski definition) is 2. The Hall–Kier alpha value is -2.01. The van der Waals surface area contributed by atoms with Crippen LogP contribution in [-0.2, 0) is 4.79 Å². The third-order valence-corrected chi connectivity index (χ3v) is 4.11. The summed E-state index contributed by atoms with van der Waals surface area (Å²) in [6, 6.07) is 11.8. The number of halogens is 1. The van der Waals surface area contributed by atoms with Gasteiger partial charge in [-0.1, -0.05) is 12.1 Å². The highest BCUT2D eigenvalue weighted by atomic mass is 32.2. The summed E-state index contributed by atoms with van der Waals surface area (Å²) in [4.78, 5) is 12.9. The molecule has 0 radical (unpaired) electrons. The topological polar surface area (TPSA) is 55.1 Å². The van der Waals surface area contributed by atoms with Gasteiger partial charge in [0.25, 0.3) is 0 Å². The van der Waals surface area contributed by atoms with E-state index in [1.165, 1.54) is 6.07 Å². The molecule has 2 aromatic rings. The van der Waals surface area contributed by atoms with Crippen LogP contribution in [0.25, 0.3) is 0 Å². The molecular weight excluding hydrogens is 287 g/mol. The zero-order valence-electron chi connectivity index (χ0n) is 11.7. The van der Waals surface area contributed by atoms with Gasteiger partial charge in [-0.25, -0.2) is 4.39 Å². The van der Waals surface area contributed by atoms with Gasteiger partial charge in [0, 0.05) is 22.8 Å². The summed E-state index contributed by atoms with van der Waals surface area (Å²) in [6.45, 7) is 1.98. The van der Waals surface area contributed by atoms with E-state index in [0.29, 0.717) is 12.2 Å². The Morgan fingerprint density at radius 2 is 2.05 bits per heavy atom. The fourth-order valence-electron chi connectivity index (χ4n) is 1.86. The first-order valence-corrected chi connectivity index (χ1v) is 7.58. The molecule has 2 aromatic carbocycles. The van der Waals surface area contributed by atoms with Gasteiger partial charge in [0.15, 0.2) is 0 Å². The van der Waals surface area contributed by atoms with Crippen molar-refractivity contribution >= 4 is 29.0 Å². The van der Waals surface area contributed by atoms with Crippen LogP contribution in [0, 0.1) is 12.7 Å². The zero-order chi connectivity index (χ0) is 15.2. The molecule has 110 valence electrons. The standard InChI is InChI=1S/C16H17FN2OS/c1-11-10-12(18)6-7-15(11)21-9-8-16(20)19-14-5-3-2-4-13(14)17/h2-7,10H,8-9,18H2,1H3,(H,19,20). The number of anilines is 2. The first-order valence-electron chi connectivity index (χ1n) is 6.59. The van der Waals surface area contributed by atoms with Crippen LogP contribution in [0.5, 0.6) is 0 Å². The molecule has 0 atom stereocenters. The van der Waals surface area contributed by atoms with E-state index < -0.39 is 5.82 Å². The number of carbonyl (C=O) groups excluding carboxylic acids is 1. The molecule has 3 nitrogen and oxygen atoms in total. The number of benzene rings is 2. The highest BCUT2D eigenvalue weighted by Gasteiger charge is 2.07. The number of hydrogen-bond acceptors (Lipinski definition) is 3. The molecule has 0 saturated heterocycles. The second-order valence-corrected chi connectivity index (χ2v) is 5.79. The Bertz CT molecular complexity index is 646. The Kier molecular flexibility index (Phi) is 5.22. The van der Waals surface area contributed by atoms with Crippen molar-refractivity contribution in [2.45, 2.75) is 18.2 Å². The van der Waals surface area contributed by atoms with Gasteiger partial charge in [0.05, 0.1) is 5.69 Å². The average molecular weight is 304 g/mol. The first-order chi connectivity index (χ1) is 10.1. The summed E-state index contributed by atoms with van der Waals surface area (Å²) in [5.41, 5.74) is 7.74. The molecular formula is C16H17FN2OS. The summed E-state index contributed by atoms with van der Waals surface area (Å²) >= 11 is 1.59. The molecule has 0 spiro atoms. The Balaban J connectivity index is 1.83. The lowest BCUT2D eigenvalue weighted by atomic mass is 10.2. The van der Waals surface area contributed by atoms with Crippen molar-refractivity contribution in [1.29, 1.82) is 0 Å². The van der Waals surface area contributed by atoms with Gasteiger partial charge in [0.2, 0.25) is 5.91 Å². The molecule has 1 amide bonds. The quantitative estimate of drug-likeness (QED) is 0.652. The maximum absolute atomic E-state index is 13.4. The third-order valence-electron chi connectivity index (χ3n) is 2.93. The SMILES string of the molecule is Cc1cc(N)ccc1SCCC(=O)Nc1ccccc1F. The van der Waals surface area contributed by atoms with Gasteiger partial charge >= 0.3 is 0 Å². The highest BCUT2D eigenvalue weighted by molar-refractivity contribution is 7.99. The molecule has 21 heavy (non-hydrogen) atoms. The monoisotopic (exact) mass is 304 g/mol. The number of para-hydroxylation sites is 1. The van der Waals surface area contributed by atoms with E-state index in [2.05, 4.69) is 5.32 Å². The van der Waals surface area contributed by atoms with E-state index in [1.54, 1.807) is 30.0 Å². The minimum Gasteiger partial charge on any atom is -0.399 e. The van der Waals surface area contributed by atoms with Crippen molar-refractivity contribution in [3.63, 3.8) is 0 Å². The van der Waals surface area contributed by atoms with Gasteiger partial charge < -0.3 is 11.1 Å². The molecule has 2 rings (SSSR count). The summed E-state index contributed by atoms with van der Waals surface area (Å²) in [5.74, 6) is 0.0129. The predicted molar refractivity (Wildman–Crippen MR) is 86.0 cm³/mol. The van der Waals surface area contributed by atoms with E-state index in [0.717, 1.165) is 16.1 Å². The van der Waals surface area contributed by atoms with E-state index in [-0.39, 0.29) is 11.6 Å². The summed E-state index contributed by atoms with van der Waals surface area (Å²) < 4.78 is 13.4. The van der Waals surface area contributed by atoms with Crippen molar-refractivity contribution in [3.05, 3.63) is 53.8 Å². The molecule has 0 aliphatic rings. The van der Waals surface area contributed by atoms with Gasteiger partial charge in [-0.05, 0) is 42.8 Å². The van der Waals surface area contributed by atoms with Crippen LogP contribution < -0.4 is 11.1 Å². The number of carbonyl (C=O) groups is 1. The fourth-order valence-corrected chi connectivity index (χ4v) is 2.82. The molecule has 5 heteroatoms. The maximum atomic E-state index is 13.4. The number of rotatable bonds is 5. The van der Waals surface area contributed by atoms with Crippen LogP contribution in [0.3, 0.4) is 0 Å². The van der Waals surface area contributed by atoms with E-state index >= 15 is 0 Å². The summed E-state index contributed by atoms with van der Waals surface area (Å²) in [7, 11) is 0. The fraction of sp³-hybridized carbons (Fsp3) is 0.188. The van der Waals surface area contributed by atoms with Crippen LogP contribution in [0.2, 0.25) is 0 Å². The van der Waals surface area contributed by atoms with E-state index in [1.807, 2.05) is 25.1 Å². The van der Waals surface area contributed by atoms with Crippen LogP contribution in [-0.4, -0.2) is 11.7 Å². The maximum Gasteiger partial charge on any atom is 0.225 e. The van der Waals surface area contributed by atoms with E-state index in [4.69, 9.17) is 5.73 Å². The first kappa shape index (κ1) is 15.4. The van der Waals surface area contributed by atoms with Crippen molar-refractivity contribution in [2.24, 2.45) is 0 Å². The molecule has 0 fully saturated rings. The van der Waals surface area contributed by atoms with Crippen LogP contribution in [0.1, 0.15) is 12.0 Å². The predicted octanol–water partition coefficient (Wildman–Crippen LogP) is 3.84. The minimum absolute atomic E-state index is 0.194. The molecule has 0 aliphatic heterocycles. The Morgan fingerprint density at radius 3 is 2.76 bits per heavy atom. The lowest BCUT2D eigenvalue weighted by Gasteiger charge is -2.08. The molecule has 0 aromatic heterocycles. The van der Waals surface area contributed by atoms with Crippen molar-refractivity contribution in [2.75, 3.05) is 16.8 Å². The summed E-state index contributed by atoms with van der Waals surface area (Å²) in [5, 5.41) is 2.57. The molecule has 0 aliphatic carbocycles. The number of nitrogens with two attached hydrogens (primary N) is 1. The smallest absolute Gasteiger partial charge is 0.225 e. The Morgan fingerprint density at radius 1 is 1.29 bits per heavy atom. The number of nitrogen functional groups attached to an aromatic ring is 1. The number of thioether (sulfide) groups is 1. The molecule has 0 saturated carbocycles. The summed E-state index contributed by atoms with van der Waals surface area (Å²) in [6.07, 6.45) is 0.322. The molecule has 0 heterocycles. The zero-order valence-corrected chi connectivity index (χ0v) is 12.5. The van der Waals surface area contributed by atoms with Crippen molar-refractivity contribution < 1.29 is 9.18 Å². The highest BCUT2D eigenvalue weighted by Crippen LogP contribution is 2.24. The van der Waals surface area contributed by atoms with Crippen molar-refractivity contribution in [3.8, 4) is 0 Å². The third kappa shape index (κ3) is 4.49. The van der Waals surface area contributed by atoms with Gasteiger partial charge in [-0.2, -0.15) is 0 Å². The largest absolute Gasteiger partial charge is 0.399 e. The second-order valence-electron chi connectivity index (χ2n) is 4.65. The normalized spacial score (nSPS) is 10.4. The van der Waals surface area contributed by atoms with Gasteiger partial charge in [-0.15, -0.1) is 11.8 Å². The number of amides is 1. The Labute approximate surface area is 127 Å².